The second kappa shape index (κ2) is 4.31. The van der Waals surface area contributed by atoms with Gasteiger partial charge in [0.2, 0.25) is 0 Å². The first-order valence-electron chi connectivity index (χ1n) is 4.36. The first-order chi connectivity index (χ1) is 7.59. The second-order valence-electron chi connectivity index (χ2n) is 3.10. The first kappa shape index (κ1) is 11.2. The predicted molar refractivity (Wildman–Crippen MR) is 63.8 cm³/mol. The van der Waals surface area contributed by atoms with E-state index in [-0.39, 0.29) is 5.56 Å². The topological polar surface area (TPSA) is 50.4 Å². The van der Waals surface area contributed by atoms with Crippen LogP contribution in [0.25, 0.3) is 11.3 Å². The quantitative estimate of drug-likeness (QED) is 0.910. The minimum atomic E-state index is -1.01. The average molecular weight is 302 g/mol. The Morgan fingerprint density at radius 2 is 2.12 bits per heavy atom. The normalized spacial score (nSPS) is 10.4. The van der Waals surface area contributed by atoms with Crippen LogP contribution in [0.5, 0.6) is 0 Å². The molecule has 82 valence electrons. The van der Waals surface area contributed by atoms with Crippen molar-refractivity contribution in [1.82, 2.24) is 0 Å². The largest absolute Gasteiger partial charge is 0.478 e. The van der Waals surface area contributed by atoms with Gasteiger partial charge in [-0.2, -0.15) is 0 Å². The lowest BCUT2D eigenvalue weighted by atomic mass is 10.1. The number of hydrogen-bond donors (Lipinski definition) is 1. The Kier molecular flexibility index (Phi) is 3.03. The zero-order valence-corrected chi connectivity index (χ0v) is 10.2. The number of furan rings is 1. The molecule has 1 N–H and O–H groups in total. The van der Waals surface area contributed by atoms with Crippen molar-refractivity contribution in [1.29, 1.82) is 0 Å². The molecule has 1 heterocycles. The molecule has 0 fully saturated rings. The molecule has 0 saturated heterocycles. The molecule has 0 atom stereocenters. The highest BCUT2D eigenvalue weighted by Crippen LogP contribution is 2.34. The van der Waals surface area contributed by atoms with E-state index in [1.807, 2.05) is 0 Å². The molecule has 1 aromatic heterocycles. The van der Waals surface area contributed by atoms with Crippen LogP contribution in [0.1, 0.15) is 10.4 Å². The van der Waals surface area contributed by atoms with Crippen molar-refractivity contribution in [3.8, 4) is 11.3 Å². The van der Waals surface area contributed by atoms with Crippen molar-refractivity contribution in [2.75, 3.05) is 0 Å². The fraction of sp³-hybridized carbons (Fsp3) is 0. The van der Waals surface area contributed by atoms with E-state index >= 15 is 0 Å². The summed E-state index contributed by atoms with van der Waals surface area (Å²) in [5, 5.41) is 9.14. The lowest BCUT2D eigenvalue weighted by molar-refractivity contribution is 0.0697. The lowest BCUT2D eigenvalue weighted by Crippen LogP contribution is -1.95. The Labute approximate surface area is 105 Å². The number of carboxylic acids is 1. The summed E-state index contributed by atoms with van der Waals surface area (Å²) in [6.45, 7) is 0. The third-order valence-electron chi connectivity index (χ3n) is 2.08. The molecule has 5 heteroatoms. The Morgan fingerprint density at radius 1 is 1.38 bits per heavy atom. The maximum absolute atomic E-state index is 10.7. The SMILES string of the molecule is O=C(O)c1ccc(-c2occc2Br)c(Cl)c1. The first-order valence-corrected chi connectivity index (χ1v) is 5.53. The van der Waals surface area contributed by atoms with Gasteiger partial charge < -0.3 is 9.52 Å². The average Bonchev–Trinajstić information content (AvgIpc) is 2.64. The van der Waals surface area contributed by atoms with Crippen LogP contribution in [0.2, 0.25) is 5.02 Å². The van der Waals surface area contributed by atoms with E-state index in [0.717, 1.165) is 4.47 Å². The lowest BCUT2D eigenvalue weighted by Gasteiger charge is -2.03. The van der Waals surface area contributed by atoms with Crippen molar-refractivity contribution in [3.05, 3.63) is 45.6 Å². The number of aromatic carboxylic acids is 1. The summed E-state index contributed by atoms with van der Waals surface area (Å²) in [7, 11) is 0. The monoisotopic (exact) mass is 300 g/mol. The summed E-state index contributed by atoms with van der Waals surface area (Å²) in [4.78, 5) is 10.7. The van der Waals surface area contributed by atoms with Crippen LogP contribution in [0.3, 0.4) is 0 Å². The van der Waals surface area contributed by atoms with Crippen molar-refractivity contribution in [2.24, 2.45) is 0 Å². The van der Waals surface area contributed by atoms with E-state index < -0.39 is 5.97 Å². The number of carboxylic acid groups (broad SMARTS) is 1. The minimum absolute atomic E-state index is 0.149. The molecule has 0 bridgehead atoms. The summed E-state index contributed by atoms with van der Waals surface area (Å²) in [6.07, 6.45) is 1.53. The third kappa shape index (κ3) is 1.99. The molecule has 0 aliphatic carbocycles. The summed E-state index contributed by atoms with van der Waals surface area (Å²) < 4.78 is 6.03. The second-order valence-corrected chi connectivity index (χ2v) is 4.36. The number of benzene rings is 1. The van der Waals surface area contributed by atoms with Gasteiger partial charge in [-0.3, -0.25) is 0 Å². The molecular weight excluding hydrogens is 295 g/mol. The maximum atomic E-state index is 10.7. The van der Waals surface area contributed by atoms with Gasteiger partial charge in [0.1, 0.15) is 5.76 Å². The van der Waals surface area contributed by atoms with E-state index in [1.54, 1.807) is 12.1 Å². The van der Waals surface area contributed by atoms with Gasteiger partial charge in [-0.15, -0.1) is 0 Å². The number of hydrogen-bond acceptors (Lipinski definition) is 2. The molecule has 1 aromatic carbocycles. The van der Waals surface area contributed by atoms with Gasteiger partial charge in [-0.1, -0.05) is 11.6 Å². The zero-order valence-electron chi connectivity index (χ0n) is 7.91. The molecule has 0 radical (unpaired) electrons. The summed E-state index contributed by atoms with van der Waals surface area (Å²) >= 11 is 9.31. The van der Waals surface area contributed by atoms with Gasteiger partial charge in [0, 0.05) is 5.56 Å². The molecule has 0 amide bonds. The molecule has 0 aliphatic rings. The van der Waals surface area contributed by atoms with Crippen molar-refractivity contribution in [2.45, 2.75) is 0 Å². The van der Waals surface area contributed by atoms with Gasteiger partial charge in [-0.25, -0.2) is 4.79 Å². The molecule has 16 heavy (non-hydrogen) atoms. The number of halogens is 2. The Bertz CT molecular complexity index is 548. The van der Waals surface area contributed by atoms with Crippen molar-refractivity contribution >= 4 is 33.5 Å². The molecule has 0 unspecified atom stereocenters. The predicted octanol–water partition coefficient (Wildman–Crippen LogP) is 4.06. The van der Waals surface area contributed by atoms with E-state index in [2.05, 4.69) is 15.9 Å². The summed E-state index contributed by atoms with van der Waals surface area (Å²) in [6, 6.07) is 6.25. The summed E-state index contributed by atoms with van der Waals surface area (Å²) in [5.74, 6) is -0.422. The van der Waals surface area contributed by atoms with Crippen LogP contribution in [-0.2, 0) is 0 Å². The fourth-order valence-electron chi connectivity index (χ4n) is 1.32. The molecule has 2 rings (SSSR count). The highest BCUT2D eigenvalue weighted by Gasteiger charge is 2.13. The Hall–Kier alpha value is -1.26. The number of rotatable bonds is 2. The zero-order chi connectivity index (χ0) is 11.7. The smallest absolute Gasteiger partial charge is 0.335 e. The number of carbonyl (C=O) groups is 1. The molecule has 3 nitrogen and oxygen atoms in total. The van der Waals surface area contributed by atoms with E-state index in [1.165, 1.54) is 18.4 Å². The molecule has 0 saturated carbocycles. The maximum Gasteiger partial charge on any atom is 0.335 e. The molecule has 0 aliphatic heterocycles. The molecular formula is C11H6BrClO3. The van der Waals surface area contributed by atoms with Crippen LogP contribution in [0.15, 0.2) is 39.4 Å². The van der Waals surface area contributed by atoms with Crippen LogP contribution < -0.4 is 0 Å². The minimum Gasteiger partial charge on any atom is -0.478 e. The van der Waals surface area contributed by atoms with Crippen molar-refractivity contribution < 1.29 is 14.3 Å². The summed E-state index contributed by atoms with van der Waals surface area (Å²) in [5.41, 5.74) is 0.806. The third-order valence-corrected chi connectivity index (χ3v) is 3.02. The highest BCUT2D eigenvalue weighted by atomic mass is 79.9. The van der Waals surface area contributed by atoms with E-state index in [9.17, 15) is 4.79 Å². The van der Waals surface area contributed by atoms with Gasteiger partial charge in [-0.05, 0) is 40.2 Å². The van der Waals surface area contributed by atoms with Crippen LogP contribution in [0, 0.1) is 0 Å². The molecule has 0 spiro atoms. The fourth-order valence-corrected chi connectivity index (χ4v) is 2.00. The van der Waals surface area contributed by atoms with Gasteiger partial charge in [0.25, 0.3) is 0 Å². The Morgan fingerprint density at radius 3 is 2.62 bits per heavy atom. The van der Waals surface area contributed by atoms with E-state index in [0.29, 0.717) is 16.3 Å². The standard InChI is InChI=1S/C11H6BrClO3/c12-8-3-4-16-10(8)7-2-1-6(11(14)15)5-9(7)13/h1-5H,(H,14,15). The van der Waals surface area contributed by atoms with Gasteiger partial charge in [0.15, 0.2) is 0 Å². The van der Waals surface area contributed by atoms with Gasteiger partial charge >= 0.3 is 5.97 Å². The Balaban J connectivity index is 2.52. The van der Waals surface area contributed by atoms with Gasteiger partial charge in [0.05, 0.1) is 21.3 Å². The van der Waals surface area contributed by atoms with Crippen LogP contribution in [0.4, 0.5) is 0 Å². The highest BCUT2D eigenvalue weighted by molar-refractivity contribution is 9.10. The molecule has 2 aromatic rings. The van der Waals surface area contributed by atoms with Crippen LogP contribution >= 0.6 is 27.5 Å². The van der Waals surface area contributed by atoms with Crippen LogP contribution in [-0.4, -0.2) is 11.1 Å². The van der Waals surface area contributed by atoms with E-state index in [4.69, 9.17) is 21.1 Å². The van der Waals surface area contributed by atoms with Crippen molar-refractivity contribution in [3.63, 3.8) is 0 Å².